The Morgan fingerprint density at radius 1 is 1.04 bits per heavy atom. The lowest BCUT2D eigenvalue weighted by atomic mass is 10.1. The van der Waals surface area contributed by atoms with Gasteiger partial charge in [0, 0.05) is 18.5 Å². The number of aromatic hydroxyl groups is 1. The summed E-state index contributed by atoms with van der Waals surface area (Å²) in [7, 11) is 0. The minimum absolute atomic E-state index is 0.124. The van der Waals surface area contributed by atoms with Crippen molar-refractivity contribution in [3.63, 3.8) is 0 Å². The SMILES string of the molecule is O=C(Nc1ccc(O)cc1)C1=NN(c2ccccc2)C(=O)CC1. The van der Waals surface area contributed by atoms with Crippen LogP contribution < -0.4 is 10.3 Å². The third kappa shape index (κ3) is 3.37. The molecule has 1 aliphatic heterocycles. The van der Waals surface area contributed by atoms with Gasteiger partial charge in [-0.15, -0.1) is 0 Å². The number of carbonyl (C=O) groups is 2. The van der Waals surface area contributed by atoms with Crippen LogP contribution in [-0.4, -0.2) is 22.6 Å². The molecule has 0 radical (unpaired) electrons. The van der Waals surface area contributed by atoms with Gasteiger partial charge in [0.1, 0.15) is 11.5 Å². The Morgan fingerprint density at radius 2 is 1.74 bits per heavy atom. The Kier molecular flexibility index (Phi) is 4.05. The molecule has 0 unspecified atom stereocenters. The quantitative estimate of drug-likeness (QED) is 0.855. The molecular formula is C17H15N3O3. The highest BCUT2D eigenvalue weighted by Gasteiger charge is 2.25. The number of nitrogens with zero attached hydrogens (tertiary/aromatic N) is 2. The molecule has 0 bridgehead atoms. The second-order valence-corrected chi connectivity index (χ2v) is 5.09. The number of benzene rings is 2. The molecule has 0 spiro atoms. The highest BCUT2D eigenvalue weighted by molar-refractivity contribution is 6.44. The van der Waals surface area contributed by atoms with E-state index < -0.39 is 0 Å². The largest absolute Gasteiger partial charge is 0.508 e. The molecule has 6 heteroatoms. The first-order valence-electron chi connectivity index (χ1n) is 7.19. The number of para-hydroxylation sites is 1. The maximum Gasteiger partial charge on any atom is 0.271 e. The lowest BCUT2D eigenvalue weighted by Gasteiger charge is -2.23. The van der Waals surface area contributed by atoms with Crippen molar-refractivity contribution in [3.8, 4) is 5.75 Å². The van der Waals surface area contributed by atoms with Crippen LogP contribution >= 0.6 is 0 Å². The van der Waals surface area contributed by atoms with Crippen LogP contribution in [0.5, 0.6) is 5.75 Å². The third-order valence-electron chi connectivity index (χ3n) is 3.42. The van der Waals surface area contributed by atoms with E-state index in [9.17, 15) is 14.7 Å². The minimum Gasteiger partial charge on any atom is -0.508 e. The van der Waals surface area contributed by atoms with Gasteiger partial charge in [0.2, 0.25) is 5.91 Å². The third-order valence-corrected chi connectivity index (χ3v) is 3.42. The van der Waals surface area contributed by atoms with Crippen molar-refractivity contribution in [2.45, 2.75) is 12.8 Å². The van der Waals surface area contributed by atoms with Crippen molar-refractivity contribution in [2.24, 2.45) is 5.10 Å². The summed E-state index contributed by atoms with van der Waals surface area (Å²) in [5.74, 6) is -0.375. The van der Waals surface area contributed by atoms with Crippen LogP contribution in [0.1, 0.15) is 12.8 Å². The molecule has 2 aromatic carbocycles. The highest BCUT2D eigenvalue weighted by Crippen LogP contribution is 2.20. The number of phenolic OH excluding ortho intramolecular Hbond substituents is 1. The maximum atomic E-state index is 12.3. The van der Waals surface area contributed by atoms with E-state index in [4.69, 9.17) is 0 Å². The number of hydrogen-bond acceptors (Lipinski definition) is 4. The summed E-state index contributed by atoms with van der Waals surface area (Å²) in [6, 6.07) is 15.2. The molecule has 1 heterocycles. The lowest BCUT2D eigenvalue weighted by Crippen LogP contribution is -2.36. The van der Waals surface area contributed by atoms with E-state index in [1.165, 1.54) is 17.1 Å². The maximum absolute atomic E-state index is 12.3. The fourth-order valence-electron chi connectivity index (χ4n) is 2.24. The predicted octanol–water partition coefficient (Wildman–Crippen LogP) is 2.51. The van der Waals surface area contributed by atoms with Crippen molar-refractivity contribution in [1.82, 2.24) is 0 Å². The number of amides is 2. The molecule has 1 aliphatic rings. The minimum atomic E-state index is -0.357. The molecule has 3 rings (SSSR count). The van der Waals surface area contributed by atoms with Gasteiger partial charge in [0.05, 0.1) is 5.69 Å². The zero-order valence-electron chi connectivity index (χ0n) is 12.3. The van der Waals surface area contributed by atoms with Gasteiger partial charge in [-0.2, -0.15) is 5.10 Å². The van der Waals surface area contributed by atoms with Gasteiger partial charge in [-0.25, -0.2) is 5.01 Å². The average Bonchev–Trinajstić information content (AvgIpc) is 2.58. The monoisotopic (exact) mass is 309 g/mol. The van der Waals surface area contributed by atoms with E-state index in [1.807, 2.05) is 18.2 Å². The zero-order chi connectivity index (χ0) is 16.2. The van der Waals surface area contributed by atoms with Crippen molar-refractivity contribution >= 4 is 28.9 Å². The van der Waals surface area contributed by atoms with Crippen molar-refractivity contribution in [1.29, 1.82) is 0 Å². The van der Waals surface area contributed by atoms with Gasteiger partial charge in [-0.1, -0.05) is 18.2 Å². The van der Waals surface area contributed by atoms with Gasteiger partial charge >= 0.3 is 0 Å². The Balaban J connectivity index is 1.80. The van der Waals surface area contributed by atoms with E-state index >= 15 is 0 Å². The first kappa shape index (κ1) is 14.8. The summed E-state index contributed by atoms with van der Waals surface area (Å²) >= 11 is 0. The number of nitrogens with one attached hydrogen (secondary N) is 1. The zero-order valence-corrected chi connectivity index (χ0v) is 12.3. The summed E-state index contributed by atoms with van der Waals surface area (Å²) in [4.78, 5) is 24.3. The van der Waals surface area contributed by atoms with Crippen molar-refractivity contribution < 1.29 is 14.7 Å². The van der Waals surface area contributed by atoms with Crippen LogP contribution in [0, 0.1) is 0 Å². The Bertz CT molecular complexity index is 754. The van der Waals surface area contributed by atoms with E-state index in [0.29, 0.717) is 23.5 Å². The van der Waals surface area contributed by atoms with Gasteiger partial charge < -0.3 is 10.4 Å². The molecular weight excluding hydrogens is 294 g/mol. The molecule has 2 N–H and O–H groups in total. The number of hydrazone groups is 1. The average molecular weight is 309 g/mol. The second kappa shape index (κ2) is 6.31. The summed E-state index contributed by atoms with van der Waals surface area (Å²) in [5, 5.41) is 17.4. The van der Waals surface area contributed by atoms with Gasteiger partial charge in [0.15, 0.2) is 0 Å². The number of carbonyl (C=O) groups excluding carboxylic acids is 2. The molecule has 2 aromatic rings. The first-order chi connectivity index (χ1) is 11.1. The molecule has 0 atom stereocenters. The molecule has 116 valence electrons. The van der Waals surface area contributed by atoms with E-state index in [2.05, 4.69) is 10.4 Å². The first-order valence-corrected chi connectivity index (χ1v) is 7.19. The van der Waals surface area contributed by atoms with Gasteiger partial charge in [-0.3, -0.25) is 9.59 Å². The summed E-state index contributed by atoms with van der Waals surface area (Å²) in [6.07, 6.45) is 0.531. The van der Waals surface area contributed by atoms with Crippen molar-refractivity contribution in [2.75, 3.05) is 10.3 Å². The van der Waals surface area contributed by atoms with Crippen LogP contribution in [-0.2, 0) is 9.59 Å². The van der Waals surface area contributed by atoms with Crippen LogP contribution in [0.3, 0.4) is 0 Å². The normalized spacial score (nSPS) is 14.3. The molecule has 0 aromatic heterocycles. The van der Waals surface area contributed by atoms with E-state index in [1.54, 1.807) is 24.3 Å². The Labute approximate surface area is 133 Å². The summed E-state index contributed by atoms with van der Waals surface area (Å²) in [6.45, 7) is 0. The van der Waals surface area contributed by atoms with Crippen molar-refractivity contribution in [3.05, 3.63) is 54.6 Å². The van der Waals surface area contributed by atoms with E-state index in [0.717, 1.165) is 0 Å². The van der Waals surface area contributed by atoms with Gasteiger partial charge in [0.25, 0.3) is 5.91 Å². The standard InChI is InChI=1S/C17H15N3O3/c21-14-8-6-12(7-9-14)18-17(23)15-10-11-16(22)20(19-15)13-4-2-1-3-5-13/h1-9,21H,10-11H2,(H,18,23). The Morgan fingerprint density at radius 3 is 2.43 bits per heavy atom. The van der Waals surface area contributed by atoms with Crippen LogP contribution in [0.2, 0.25) is 0 Å². The number of phenols is 1. The molecule has 0 saturated heterocycles. The fraction of sp³-hybridized carbons (Fsp3) is 0.118. The smallest absolute Gasteiger partial charge is 0.271 e. The highest BCUT2D eigenvalue weighted by atomic mass is 16.3. The predicted molar refractivity (Wildman–Crippen MR) is 87.3 cm³/mol. The number of anilines is 2. The number of rotatable bonds is 3. The summed E-state index contributed by atoms with van der Waals surface area (Å²) in [5.41, 5.74) is 1.48. The number of hydrogen-bond donors (Lipinski definition) is 2. The Hall–Kier alpha value is -3.15. The summed E-state index contributed by atoms with van der Waals surface area (Å²) < 4.78 is 0. The van der Waals surface area contributed by atoms with Gasteiger partial charge in [-0.05, 0) is 36.4 Å². The van der Waals surface area contributed by atoms with Crippen LogP contribution in [0.4, 0.5) is 11.4 Å². The lowest BCUT2D eigenvalue weighted by molar-refractivity contribution is -0.118. The molecule has 0 saturated carbocycles. The molecule has 2 amide bonds. The molecule has 23 heavy (non-hydrogen) atoms. The molecule has 0 aliphatic carbocycles. The van der Waals surface area contributed by atoms with Crippen LogP contribution in [0.25, 0.3) is 0 Å². The fourth-order valence-corrected chi connectivity index (χ4v) is 2.24. The topological polar surface area (TPSA) is 82.0 Å². The molecule has 0 fully saturated rings. The van der Waals surface area contributed by atoms with E-state index in [-0.39, 0.29) is 24.0 Å². The second-order valence-electron chi connectivity index (χ2n) is 5.09. The molecule has 6 nitrogen and oxygen atoms in total. The van der Waals surface area contributed by atoms with Crippen LogP contribution in [0.15, 0.2) is 59.7 Å².